The summed E-state index contributed by atoms with van der Waals surface area (Å²) in [5, 5.41) is 0. The van der Waals surface area contributed by atoms with Gasteiger partial charge < -0.3 is 10.5 Å². The average molecular weight is 232 g/mol. The fourth-order valence-corrected chi connectivity index (χ4v) is 1.47. The number of rotatable bonds is 4. The zero-order chi connectivity index (χ0) is 12.1. The van der Waals surface area contributed by atoms with Gasteiger partial charge in [-0.3, -0.25) is 4.98 Å². The van der Waals surface area contributed by atoms with Gasteiger partial charge in [-0.05, 0) is 29.8 Å². The van der Waals surface area contributed by atoms with Crippen molar-refractivity contribution in [2.24, 2.45) is 5.73 Å². The predicted molar refractivity (Wildman–Crippen MR) is 62.9 cm³/mol. The topological polar surface area (TPSA) is 48.1 Å². The van der Waals surface area contributed by atoms with E-state index in [-0.39, 0.29) is 12.4 Å². The maximum atomic E-state index is 13.2. The van der Waals surface area contributed by atoms with Crippen LogP contribution in [-0.2, 0) is 13.2 Å². The first-order valence-electron chi connectivity index (χ1n) is 5.30. The predicted octanol–water partition coefficient (Wildman–Crippen LogP) is 2.26. The van der Waals surface area contributed by atoms with Gasteiger partial charge in [-0.15, -0.1) is 0 Å². The van der Waals surface area contributed by atoms with Crippen LogP contribution in [0.5, 0.6) is 5.75 Å². The van der Waals surface area contributed by atoms with Gasteiger partial charge >= 0.3 is 0 Å². The monoisotopic (exact) mass is 232 g/mol. The molecule has 2 N–H and O–H groups in total. The van der Waals surface area contributed by atoms with Crippen LogP contribution in [0, 0.1) is 5.82 Å². The molecule has 3 nitrogen and oxygen atoms in total. The van der Waals surface area contributed by atoms with Crippen LogP contribution in [-0.4, -0.2) is 4.98 Å². The summed E-state index contributed by atoms with van der Waals surface area (Å²) in [4.78, 5) is 3.94. The van der Waals surface area contributed by atoms with Gasteiger partial charge in [0, 0.05) is 18.3 Å². The minimum atomic E-state index is -0.280. The van der Waals surface area contributed by atoms with Crippen molar-refractivity contribution in [3.8, 4) is 5.75 Å². The molecular formula is C13H13FN2O. The normalized spacial score (nSPS) is 10.2. The zero-order valence-electron chi connectivity index (χ0n) is 9.27. The number of pyridine rings is 1. The Balaban J connectivity index is 2.04. The highest BCUT2D eigenvalue weighted by molar-refractivity contribution is 5.25. The lowest BCUT2D eigenvalue weighted by Crippen LogP contribution is -2.02. The minimum absolute atomic E-state index is 0.187. The number of hydrogen-bond donors (Lipinski definition) is 1. The standard InChI is InChI=1S/C13H13FN2O/c14-13-4-3-10(6-11(13)7-15)9-17-12-2-1-5-16-8-12/h1-6,8H,7,9,15H2. The summed E-state index contributed by atoms with van der Waals surface area (Å²) in [6.45, 7) is 0.561. The van der Waals surface area contributed by atoms with Gasteiger partial charge in [0.15, 0.2) is 0 Å². The maximum absolute atomic E-state index is 13.2. The Morgan fingerprint density at radius 2 is 2.18 bits per heavy atom. The highest BCUT2D eigenvalue weighted by Gasteiger charge is 2.02. The van der Waals surface area contributed by atoms with E-state index in [1.165, 1.54) is 6.07 Å². The number of nitrogens with two attached hydrogens (primary N) is 1. The molecule has 0 aliphatic rings. The van der Waals surface area contributed by atoms with Crippen LogP contribution in [0.25, 0.3) is 0 Å². The SMILES string of the molecule is NCc1cc(COc2cccnc2)ccc1F. The van der Waals surface area contributed by atoms with Crippen LogP contribution in [0.15, 0.2) is 42.7 Å². The first-order chi connectivity index (χ1) is 8.29. The van der Waals surface area contributed by atoms with Gasteiger partial charge in [0.05, 0.1) is 6.20 Å². The van der Waals surface area contributed by atoms with Crippen molar-refractivity contribution in [2.45, 2.75) is 13.2 Å². The Morgan fingerprint density at radius 3 is 2.88 bits per heavy atom. The molecule has 0 saturated carbocycles. The Bertz CT molecular complexity index is 488. The number of aromatic nitrogens is 1. The Hall–Kier alpha value is -1.94. The highest BCUT2D eigenvalue weighted by Crippen LogP contribution is 2.13. The minimum Gasteiger partial charge on any atom is -0.487 e. The van der Waals surface area contributed by atoms with E-state index in [0.29, 0.717) is 17.9 Å². The first kappa shape index (κ1) is 11.5. The number of benzene rings is 1. The van der Waals surface area contributed by atoms with E-state index in [9.17, 15) is 4.39 Å². The second kappa shape index (κ2) is 5.41. The van der Waals surface area contributed by atoms with Gasteiger partial charge in [0.25, 0.3) is 0 Å². The Labute approximate surface area is 99.1 Å². The molecule has 2 aromatic rings. The van der Waals surface area contributed by atoms with Crippen LogP contribution in [0.2, 0.25) is 0 Å². The molecule has 0 amide bonds. The van der Waals surface area contributed by atoms with Crippen LogP contribution < -0.4 is 10.5 Å². The highest BCUT2D eigenvalue weighted by atomic mass is 19.1. The van der Waals surface area contributed by atoms with Crippen molar-refractivity contribution >= 4 is 0 Å². The summed E-state index contributed by atoms with van der Waals surface area (Å²) in [7, 11) is 0. The van der Waals surface area contributed by atoms with E-state index < -0.39 is 0 Å². The average Bonchev–Trinajstić information content (AvgIpc) is 2.39. The molecule has 1 heterocycles. The number of halogens is 1. The largest absolute Gasteiger partial charge is 0.487 e. The molecule has 1 aromatic carbocycles. The van der Waals surface area contributed by atoms with E-state index in [4.69, 9.17) is 10.5 Å². The quantitative estimate of drug-likeness (QED) is 0.879. The van der Waals surface area contributed by atoms with E-state index >= 15 is 0 Å². The molecule has 17 heavy (non-hydrogen) atoms. The fourth-order valence-electron chi connectivity index (χ4n) is 1.47. The molecule has 0 bridgehead atoms. The van der Waals surface area contributed by atoms with Crippen LogP contribution in [0.3, 0.4) is 0 Å². The summed E-state index contributed by atoms with van der Waals surface area (Å²) >= 11 is 0. The number of ether oxygens (including phenoxy) is 1. The summed E-state index contributed by atoms with van der Waals surface area (Å²) in [5.74, 6) is 0.406. The molecule has 0 fully saturated rings. The van der Waals surface area contributed by atoms with Crippen molar-refractivity contribution in [2.75, 3.05) is 0 Å². The summed E-state index contributed by atoms with van der Waals surface area (Å²) in [6.07, 6.45) is 3.31. The summed E-state index contributed by atoms with van der Waals surface area (Å²) in [6, 6.07) is 8.42. The molecule has 4 heteroatoms. The lowest BCUT2D eigenvalue weighted by molar-refractivity contribution is 0.304. The Kier molecular flexibility index (Phi) is 3.67. The van der Waals surface area contributed by atoms with Crippen molar-refractivity contribution in [3.05, 3.63) is 59.7 Å². The molecule has 2 rings (SSSR count). The van der Waals surface area contributed by atoms with Crippen molar-refractivity contribution < 1.29 is 9.13 Å². The van der Waals surface area contributed by atoms with Crippen molar-refractivity contribution in [3.63, 3.8) is 0 Å². The summed E-state index contributed by atoms with van der Waals surface area (Å²) < 4.78 is 18.7. The van der Waals surface area contributed by atoms with Gasteiger partial charge in [0.1, 0.15) is 18.2 Å². The van der Waals surface area contributed by atoms with E-state index in [1.54, 1.807) is 30.6 Å². The van der Waals surface area contributed by atoms with Gasteiger partial charge in [-0.1, -0.05) is 6.07 Å². The lowest BCUT2D eigenvalue weighted by atomic mass is 10.1. The molecule has 88 valence electrons. The van der Waals surface area contributed by atoms with E-state index in [2.05, 4.69) is 4.98 Å². The molecule has 0 saturated heterocycles. The third-order valence-corrected chi connectivity index (χ3v) is 2.37. The molecule has 0 unspecified atom stereocenters. The van der Waals surface area contributed by atoms with E-state index in [0.717, 1.165) is 5.56 Å². The van der Waals surface area contributed by atoms with Crippen LogP contribution in [0.1, 0.15) is 11.1 Å². The van der Waals surface area contributed by atoms with E-state index in [1.807, 2.05) is 6.07 Å². The lowest BCUT2D eigenvalue weighted by Gasteiger charge is -2.07. The number of hydrogen-bond acceptors (Lipinski definition) is 3. The third kappa shape index (κ3) is 3.01. The smallest absolute Gasteiger partial charge is 0.138 e. The third-order valence-electron chi connectivity index (χ3n) is 2.37. The van der Waals surface area contributed by atoms with Gasteiger partial charge in [-0.25, -0.2) is 4.39 Å². The van der Waals surface area contributed by atoms with Crippen molar-refractivity contribution in [1.82, 2.24) is 4.98 Å². The first-order valence-corrected chi connectivity index (χ1v) is 5.30. The van der Waals surface area contributed by atoms with Crippen LogP contribution >= 0.6 is 0 Å². The zero-order valence-corrected chi connectivity index (χ0v) is 9.27. The molecule has 0 aliphatic heterocycles. The molecule has 0 atom stereocenters. The molecule has 0 radical (unpaired) electrons. The maximum Gasteiger partial charge on any atom is 0.138 e. The number of nitrogens with zero attached hydrogens (tertiary/aromatic N) is 1. The van der Waals surface area contributed by atoms with Gasteiger partial charge in [-0.2, -0.15) is 0 Å². The van der Waals surface area contributed by atoms with Gasteiger partial charge in [0.2, 0.25) is 0 Å². The molecule has 0 aliphatic carbocycles. The fraction of sp³-hybridized carbons (Fsp3) is 0.154. The molecule has 1 aromatic heterocycles. The second-order valence-corrected chi connectivity index (χ2v) is 3.61. The summed E-state index contributed by atoms with van der Waals surface area (Å²) in [5.41, 5.74) is 6.82. The molecule has 0 spiro atoms. The van der Waals surface area contributed by atoms with Crippen LogP contribution in [0.4, 0.5) is 4.39 Å². The Morgan fingerprint density at radius 1 is 1.29 bits per heavy atom. The molecular weight excluding hydrogens is 219 g/mol. The van der Waals surface area contributed by atoms with Crippen molar-refractivity contribution in [1.29, 1.82) is 0 Å². The second-order valence-electron chi connectivity index (χ2n) is 3.61.